The van der Waals surface area contributed by atoms with E-state index in [0.29, 0.717) is 22.5 Å². The minimum Gasteiger partial charge on any atom is -0.454 e. The summed E-state index contributed by atoms with van der Waals surface area (Å²) in [7, 11) is -3.77. The van der Waals surface area contributed by atoms with E-state index in [-0.39, 0.29) is 11.7 Å². The van der Waals surface area contributed by atoms with E-state index >= 15 is 0 Å². The molecule has 134 valence electrons. The standard InChI is InChI=1S/C18H15NO6S/c1-11(12-2-5-16-17(9-12)24-10-23-16)19-26(21,22)14-4-6-15-13(8-14)3-7-18(20)25-15/h2-9,11,19H,10H2,1H3. The lowest BCUT2D eigenvalue weighted by molar-refractivity contribution is 0.174. The van der Waals surface area contributed by atoms with E-state index in [1.807, 2.05) is 0 Å². The Kier molecular flexibility index (Phi) is 3.93. The first-order chi connectivity index (χ1) is 12.4. The van der Waals surface area contributed by atoms with Gasteiger partial charge in [0.05, 0.1) is 4.90 Å². The Balaban J connectivity index is 1.62. The summed E-state index contributed by atoms with van der Waals surface area (Å²) in [6.07, 6.45) is 0. The summed E-state index contributed by atoms with van der Waals surface area (Å²) in [6, 6.07) is 11.9. The highest BCUT2D eigenvalue weighted by molar-refractivity contribution is 7.89. The van der Waals surface area contributed by atoms with Crippen molar-refractivity contribution in [2.45, 2.75) is 17.9 Å². The second-order valence-electron chi connectivity index (χ2n) is 5.91. The molecule has 0 fully saturated rings. The van der Waals surface area contributed by atoms with Crippen LogP contribution >= 0.6 is 0 Å². The molecule has 2 aromatic carbocycles. The molecule has 0 bridgehead atoms. The number of fused-ring (bicyclic) bond motifs is 2. The third kappa shape index (κ3) is 3.04. The van der Waals surface area contributed by atoms with Crippen LogP contribution in [0.2, 0.25) is 0 Å². The third-order valence-corrected chi connectivity index (χ3v) is 5.67. The Morgan fingerprint density at radius 2 is 1.81 bits per heavy atom. The summed E-state index contributed by atoms with van der Waals surface area (Å²) in [5, 5.41) is 0.531. The Morgan fingerprint density at radius 3 is 2.65 bits per heavy atom. The molecule has 1 aliphatic rings. The average molecular weight is 373 g/mol. The molecule has 1 unspecified atom stereocenters. The van der Waals surface area contributed by atoms with E-state index in [1.165, 1.54) is 30.3 Å². The maximum atomic E-state index is 12.7. The van der Waals surface area contributed by atoms with Crippen molar-refractivity contribution in [1.82, 2.24) is 4.72 Å². The monoisotopic (exact) mass is 373 g/mol. The van der Waals surface area contributed by atoms with Gasteiger partial charge in [0.25, 0.3) is 0 Å². The van der Waals surface area contributed by atoms with Gasteiger partial charge in [-0.05, 0) is 48.9 Å². The molecule has 26 heavy (non-hydrogen) atoms. The molecule has 1 atom stereocenters. The van der Waals surface area contributed by atoms with Crippen LogP contribution in [0, 0.1) is 0 Å². The number of rotatable bonds is 4. The van der Waals surface area contributed by atoms with Crippen LogP contribution in [0.5, 0.6) is 11.5 Å². The predicted molar refractivity (Wildman–Crippen MR) is 93.8 cm³/mol. The van der Waals surface area contributed by atoms with Gasteiger partial charge in [0.2, 0.25) is 16.8 Å². The molecule has 1 aromatic heterocycles. The van der Waals surface area contributed by atoms with Crippen molar-refractivity contribution in [3.63, 3.8) is 0 Å². The van der Waals surface area contributed by atoms with Crippen LogP contribution in [0.25, 0.3) is 11.0 Å². The summed E-state index contributed by atoms with van der Waals surface area (Å²) in [6.45, 7) is 1.90. The van der Waals surface area contributed by atoms with Gasteiger partial charge in [-0.1, -0.05) is 6.07 Å². The fourth-order valence-corrected chi connectivity index (χ4v) is 4.04. The van der Waals surface area contributed by atoms with E-state index in [1.54, 1.807) is 25.1 Å². The van der Waals surface area contributed by atoms with E-state index in [9.17, 15) is 13.2 Å². The highest BCUT2D eigenvalue weighted by Gasteiger charge is 2.21. The van der Waals surface area contributed by atoms with Gasteiger partial charge in [0.1, 0.15) is 5.58 Å². The normalized spacial score (nSPS) is 14.5. The van der Waals surface area contributed by atoms with Crippen molar-refractivity contribution >= 4 is 21.0 Å². The lowest BCUT2D eigenvalue weighted by atomic mass is 10.1. The van der Waals surface area contributed by atoms with Gasteiger partial charge in [-0.3, -0.25) is 0 Å². The van der Waals surface area contributed by atoms with Crippen molar-refractivity contribution in [3.8, 4) is 11.5 Å². The molecule has 1 N–H and O–H groups in total. The van der Waals surface area contributed by atoms with Crippen LogP contribution in [-0.4, -0.2) is 15.2 Å². The van der Waals surface area contributed by atoms with E-state index in [0.717, 1.165) is 5.56 Å². The average Bonchev–Trinajstić information content (AvgIpc) is 3.08. The molecule has 2 heterocycles. The summed E-state index contributed by atoms with van der Waals surface area (Å²) < 4.78 is 43.7. The Hall–Kier alpha value is -2.84. The quantitative estimate of drug-likeness (QED) is 0.706. The summed E-state index contributed by atoms with van der Waals surface area (Å²) in [5.74, 6) is 1.23. The van der Waals surface area contributed by atoms with Crippen LogP contribution in [0.1, 0.15) is 18.5 Å². The summed E-state index contributed by atoms with van der Waals surface area (Å²) in [4.78, 5) is 11.3. The zero-order valence-corrected chi connectivity index (χ0v) is 14.6. The number of hydrogen-bond acceptors (Lipinski definition) is 6. The largest absolute Gasteiger partial charge is 0.454 e. The van der Waals surface area contributed by atoms with Crippen molar-refractivity contribution in [1.29, 1.82) is 0 Å². The lowest BCUT2D eigenvalue weighted by Crippen LogP contribution is -2.26. The van der Waals surface area contributed by atoms with Crippen LogP contribution in [0.15, 0.2) is 62.6 Å². The molecule has 8 heteroatoms. The highest BCUT2D eigenvalue weighted by Crippen LogP contribution is 2.34. The molecule has 4 rings (SSSR count). The molecular formula is C18H15NO6S. The fourth-order valence-electron chi connectivity index (χ4n) is 2.77. The van der Waals surface area contributed by atoms with Gasteiger partial charge in [-0.15, -0.1) is 0 Å². The molecule has 0 saturated heterocycles. The smallest absolute Gasteiger partial charge is 0.336 e. The van der Waals surface area contributed by atoms with Gasteiger partial charge in [-0.25, -0.2) is 17.9 Å². The van der Waals surface area contributed by atoms with E-state index in [2.05, 4.69) is 4.72 Å². The molecule has 3 aromatic rings. The fraction of sp³-hybridized carbons (Fsp3) is 0.167. The first-order valence-electron chi connectivity index (χ1n) is 7.88. The van der Waals surface area contributed by atoms with Gasteiger partial charge in [0, 0.05) is 17.5 Å². The number of nitrogens with one attached hydrogen (secondary N) is 1. The minimum absolute atomic E-state index is 0.0893. The topological polar surface area (TPSA) is 94.8 Å². The Bertz CT molecular complexity index is 1150. The molecule has 0 spiro atoms. The van der Waals surface area contributed by atoms with Crippen molar-refractivity contribution in [2.24, 2.45) is 0 Å². The van der Waals surface area contributed by atoms with Gasteiger partial charge < -0.3 is 13.9 Å². The van der Waals surface area contributed by atoms with Gasteiger partial charge in [0.15, 0.2) is 11.5 Å². The zero-order valence-electron chi connectivity index (χ0n) is 13.8. The third-order valence-electron chi connectivity index (χ3n) is 4.13. The second-order valence-corrected chi connectivity index (χ2v) is 7.62. The molecule has 0 saturated carbocycles. The molecule has 1 aliphatic heterocycles. The Morgan fingerprint density at radius 1 is 1.00 bits per heavy atom. The van der Waals surface area contributed by atoms with Crippen LogP contribution in [0.3, 0.4) is 0 Å². The summed E-state index contributed by atoms with van der Waals surface area (Å²) >= 11 is 0. The number of benzene rings is 2. The minimum atomic E-state index is -3.77. The van der Waals surface area contributed by atoms with E-state index in [4.69, 9.17) is 13.9 Å². The molecule has 0 aliphatic carbocycles. The maximum absolute atomic E-state index is 12.7. The van der Waals surface area contributed by atoms with Gasteiger partial charge in [-0.2, -0.15) is 0 Å². The van der Waals surface area contributed by atoms with E-state index < -0.39 is 21.7 Å². The van der Waals surface area contributed by atoms with Gasteiger partial charge >= 0.3 is 5.63 Å². The zero-order chi connectivity index (χ0) is 18.3. The predicted octanol–water partition coefficient (Wildman–Crippen LogP) is 2.56. The number of hydrogen-bond donors (Lipinski definition) is 1. The Labute approximate surface area is 149 Å². The number of sulfonamides is 1. The highest BCUT2D eigenvalue weighted by atomic mass is 32.2. The summed E-state index contributed by atoms with van der Waals surface area (Å²) in [5.41, 5.74) is 0.604. The molecule has 0 amide bonds. The lowest BCUT2D eigenvalue weighted by Gasteiger charge is -2.15. The van der Waals surface area contributed by atoms with Crippen molar-refractivity contribution in [2.75, 3.05) is 6.79 Å². The van der Waals surface area contributed by atoms with Crippen molar-refractivity contribution in [3.05, 3.63) is 64.5 Å². The first-order valence-corrected chi connectivity index (χ1v) is 9.36. The second kappa shape index (κ2) is 6.15. The van der Waals surface area contributed by atoms with Crippen LogP contribution in [0.4, 0.5) is 0 Å². The maximum Gasteiger partial charge on any atom is 0.336 e. The first kappa shape index (κ1) is 16.6. The molecule has 0 radical (unpaired) electrons. The SMILES string of the molecule is CC(NS(=O)(=O)c1ccc2oc(=O)ccc2c1)c1ccc2c(c1)OCO2. The molecule has 7 nitrogen and oxygen atoms in total. The van der Waals surface area contributed by atoms with Crippen LogP contribution in [-0.2, 0) is 10.0 Å². The van der Waals surface area contributed by atoms with Crippen LogP contribution < -0.4 is 19.8 Å². The molecular weight excluding hydrogens is 358 g/mol. The number of ether oxygens (including phenoxy) is 2. The van der Waals surface area contributed by atoms with Crippen molar-refractivity contribution < 1.29 is 22.3 Å².